The predicted octanol–water partition coefficient (Wildman–Crippen LogP) is 3.36. The van der Waals surface area contributed by atoms with Crippen molar-refractivity contribution in [2.24, 2.45) is 10.8 Å². The minimum atomic E-state index is -1.29. The van der Waals surface area contributed by atoms with Gasteiger partial charge < -0.3 is 9.47 Å². The summed E-state index contributed by atoms with van der Waals surface area (Å²) < 4.78 is 9.76. The number of carbonyl (C=O) groups excluding carboxylic acids is 2. The van der Waals surface area contributed by atoms with Crippen molar-refractivity contribution in [2.45, 2.75) is 26.2 Å². The first-order valence-corrected chi connectivity index (χ1v) is 7.17. The van der Waals surface area contributed by atoms with E-state index < -0.39 is 22.8 Å². The van der Waals surface area contributed by atoms with Crippen LogP contribution < -0.4 is 0 Å². The molecular formula is C18H24O4. The van der Waals surface area contributed by atoms with Gasteiger partial charge in [-0.3, -0.25) is 9.59 Å². The van der Waals surface area contributed by atoms with Crippen LogP contribution in [-0.2, 0) is 19.1 Å². The first kappa shape index (κ1) is 18.0. The van der Waals surface area contributed by atoms with E-state index in [0.29, 0.717) is 12.8 Å². The van der Waals surface area contributed by atoms with E-state index in [1.807, 2.05) is 25.2 Å². The number of rotatable bonds is 6. The normalized spacial score (nSPS) is 25.1. The molecule has 4 nitrogen and oxygen atoms in total. The molecule has 1 unspecified atom stereocenters. The topological polar surface area (TPSA) is 52.6 Å². The summed E-state index contributed by atoms with van der Waals surface area (Å²) in [5, 5.41) is 0. The van der Waals surface area contributed by atoms with Crippen LogP contribution in [0.4, 0.5) is 0 Å². The Morgan fingerprint density at radius 3 is 2.27 bits per heavy atom. The van der Waals surface area contributed by atoms with Gasteiger partial charge in [0.05, 0.1) is 14.2 Å². The largest absolute Gasteiger partial charge is 0.468 e. The van der Waals surface area contributed by atoms with Crippen LogP contribution in [0.15, 0.2) is 49.1 Å². The number of ether oxygens (including phenoxy) is 2. The minimum Gasteiger partial charge on any atom is -0.468 e. The molecule has 0 aliphatic heterocycles. The van der Waals surface area contributed by atoms with Gasteiger partial charge in [0.1, 0.15) is 0 Å². The molecule has 0 aromatic heterocycles. The summed E-state index contributed by atoms with van der Waals surface area (Å²) in [6, 6.07) is 0. The molecular weight excluding hydrogens is 280 g/mol. The summed E-state index contributed by atoms with van der Waals surface area (Å²) in [5.74, 6) is -1.11. The average molecular weight is 304 g/mol. The van der Waals surface area contributed by atoms with Gasteiger partial charge in [0.25, 0.3) is 0 Å². The summed E-state index contributed by atoms with van der Waals surface area (Å²) in [5.41, 5.74) is -0.725. The maximum Gasteiger partial charge on any atom is 0.323 e. The fourth-order valence-corrected chi connectivity index (χ4v) is 3.07. The molecule has 0 heterocycles. The van der Waals surface area contributed by atoms with Crippen molar-refractivity contribution < 1.29 is 19.1 Å². The maximum absolute atomic E-state index is 12.3. The maximum atomic E-state index is 12.3. The molecule has 1 rings (SSSR count). The highest BCUT2D eigenvalue weighted by Gasteiger charge is 2.58. The number of hydrogen-bond donors (Lipinski definition) is 0. The Morgan fingerprint density at radius 1 is 1.23 bits per heavy atom. The van der Waals surface area contributed by atoms with Gasteiger partial charge in [-0.25, -0.2) is 0 Å². The molecule has 0 amide bonds. The van der Waals surface area contributed by atoms with E-state index in [9.17, 15) is 9.59 Å². The highest BCUT2D eigenvalue weighted by Crippen LogP contribution is 2.55. The van der Waals surface area contributed by atoms with Crippen LogP contribution in [0.25, 0.3) is 0 Å². The molecule has 0 aromatic rings. The Balaban J connectivity index is 3.38. The molecule has 0 saturated heterocycles. The third kappa shape index (κ3) is 3.21. The monoisotopic (exact) mass is 304 g/mol. The van der Waals surface area contributed by atoms with Gasteiger partial charge in [0, 0.05) is 5.41 Å². The molecule has 0 bridgehead atoms. The SMILES string of the molecule is C=C/C=C/C1(C)CC(C(=O)OC)(C(=O)OC)C/C1=C/CC=C. The van der Waals surface area contributed by atoms with Crippen LogP contribution in [0.5, 0.6) is 0 Å². The number of carbonyl (C=O) groups is 2. The summed E-state index contributed by atoms with van der Waals surface area (Å²) in [6.45, 7) is 9.38. The second-order valence-electron chi connectivity index (χ2n) is 5.68. The predicted molar refractivity (Wildman–Crippen MR) is 86.0 cm³/mol. The van der Waals surface area contributed by atoms with E-state index in [4.69, 9.17) is 9.47 Å². The molecule has 0 N–H and O–H groups in total. The van der Waals surface area contributed by atoms with Crippen molar-refractivity contribution in [3.05, 3.63) is 49.1 Å². The third-order valence-electron chi connectivity index (χ3n) is 4.18. The zero-order chi connectivity index (χ0) is 16.8. The Kier molecular flexibility index (Phi) is 5.92. The van der Waals surface area contributed by atoms with E-state index in [-0.39, 0.29) is 6.42 Å². The van der Waals surface area contributed by atoms with Crippen LogP contribution in [-0.4, -0.2) is 26.2 Å². The van der Waals surface area contributed by atoms with Crippen LogP contribution in [0.3, 0.4) is 0 Å². The Bertz CT molecular complexity index is 511. The summed E-state index contributed by atoms with van der Waals surface area (Å²) >= 11 is 0. The van der Waals surface area contributed by atoms with E-state index in [1.54, 1.807) is 12.2 Å². The first-order valence-electron chi connectivity index (χ1n) is 7.17. The molecule has 1 atom stereocenters. The first-order chi connectivity index (χ1) is 10.4. The smallest absolute Gasteiger partial charge is 0.323 e. The second kappa shape index (κ2) is 7.25. The van der Waals surface area contributed by atoms with E-state index in [1.165, 1.54) is 14.2 Å². The number of allylic oxidation sites excluding steroid dienone is 6. The minimum absolute atomic E-state index is 0.290. The lowest BCUT2D eigenvalue weighted by Gasteiger charge is -2.25. The van der Waals surface area contributed by atoms with Crippen molar-refractivity contribution in [3.8, 4) is 0 Å². The highest BCUT2D eigenvalue weighted by molar-refractivity contribution is 6.01. The molecule has 4 heteroatoms. The van der Waals surface area contributed by atoms with Crippen LogP contribution >= 0.6 is 0 Å². The van der Waals surface area contributed by atoms with Crippen molar-refractivity contribution in [1.29, 1.82) is 0 Å². The molecule has 0 radical (unpaired) electrons. The number of esters is 2. The average Bonchev–Trinajstić information content (AvgIpc) is 2.83. The van der Waals surface area contributed by atoms with Crippen LogP contribution in [0.2, 0.25) is 0 Å². The lowest BCUT2D eigenvalue weighted by atomic mass is 9.79. The quantitative estimate of drug-likeness (QED) is 0.327. The molecule has 1 fully saturated rings. The van der Waals surface area contributed by atoms with Gasteiger partial charge >= 0.3 is 11.9 Å². The zero-order valence-corrected chi connectivity index (χ0v) is 13.6. The van der Waals surface area contributed by atoms with E-state index in [2.05, 4.69) is 13.2 Å². The molecule has 0 aromatic carbocycles. The summed E-state index contributed by atoms with van der Waals surface area (Å²) in [7, 11) is 2.57. The molecule has 1 saturated carbocycles. The molecule has 1 aliphatic carbocycles. The fraction of sp³-hybridized carbons (Fsp3) is 0.444. The van der Waals surface area contributed by atoms with Gasteiger partial charge in [-0.1, -0.05) is 49.5 Å². The lowest BCUT2D eigenvalue weighted by molar-refractivity contribution is -0.169. The van der Waals surface area contributed by atoms with Gasteiger partial charge in [-0.15, -0.1) is 6.58 Å². The third-order valence-corrected chi connectivity index (χ3v) is 4.18. The van der Waals surface area contributed by atoms with Crippen molar-refractivity contribution in [2.75, 3.05) is 14.2 Å². The van der Waals surface area contributed by atoms with Crippen LogP contribution in [0, 0.1) is 10.8 Å². The Hall–Kier alpha value is -2.10. The molecule has 1 aliphatic rings. The van der Waals surface area contributed by atoms with Crippen LogP contribution in [0.1, 0.15) is 26.2 Å². The van der Waals surface area contributed by atoms with Crippen molar-refractivity contribution >= 4 is 11.9 Å². The standard InChI is InChI=1S/C18H24O4/c1-6-8-10-14-12-18(15(19)21-4,16(20)22-5)13-17(14,3)11-9-7-2/h6-7,9-11H,1-2,8,12-13H2,3-5H3/b11-9+,14-10-. The Labute approximate surface area is 132 Å². The Morgan fingerprint density at radius 2 is 1.82 bits per heavy atom. The van der Waals surface area contributed by atoms with E-state index >= 15 is 0 Å². The zero-order valence-electron chi connectivity index (χ0n) is 13.6. The van der Waals surface area contributed by atoms with Gasteiger partial charge in [0.15, 0.2) is 5.41 Å². The summed E-state index contributed by atoms with van der Waals surface area (Å²) in [4.78, 5) is 24.6. The summed E-state index contributed by atoms with van der Waals surface area (Å²) in [6.07, 6.45) is 10.5. The highest BCUT2D eigenvalue weighted by atomic mass is 16.5. The van der Waals surface area contributed by atoms with Gasteiger partial charge in [-0.2, -0.15) is 0 Å². The van der Waals surface area contributed by atoms with Gasteiger partial charge in [0.2, 0.25) is 0 Å². The van der Waals surface area contributed by atoms with Crippen molar-refractivity contribution in [1.82, 2.24) is 0 Å². The molecule has 120 valence electrons. The van der Waals surface area contributed by atoms with Crippen molar-refractivity contribution in [3.63, 3.8) is 0 Å². The lowest BCUT2D eigenvalue weighted by Crippen LogP contribution is -2.39. The number of hydrogen-bond acceptors (Lipinski definition) is 4. The second-order valence-corrected chi connectivity index (χ2v) is 5.68. The number of methoxy groups -OCH3 is 2. The van der Waals surface area contributed by atoms with E-state index in [0.717, 1.165) is 5.57 Å². The fourth-order valence-electron chi connectivity index (χ4n) is 3.07. The molecule has 0 spiro atoms. The molecule has 22 heavy (non-hydrogen) atoms. The van der Waals surface area contributed by atoms with Gasteiger partial charge in [-0.05, 0) is 19.3 Å².